The van der Waals surface area contributed by atoms with Crippen LogP contribution in [0, 0.1) is 0 Å². The summed E-state index contributed by atoms with van der Waals surface area (Å²) in [7, 11) is 1.74. The molecule has 1 heterocycles. The molecule has 3 aromatic rings. The Hall–Kier alpha value is -2.82. The maximum atomic E-state index is 13.3. The SMILES string of the molecule is CN(C(=O)N1CC(C)(c2ccccc2)C(c2ccc(Cl)cc2)=N1)c1ccc(Cl)cc1. The van der Waals surface area contributed by atoms with Gasteiger partial charge in [-0.15, -0.1) is 0 Å². The van der Waals surface area contributed by atoms with Gasteiger partial charge >= 0.3 is 6.03 Å². The molecule has 3 aromatic carbocycles. The number of rotatable bonds is 3. The van der Waals surface area contributed by atoms with E-state index in [-0.39, 0.29) is 6.03 Å². The van der Waals surface area contributed by atoms with Crippen molar-refractivity contribution in [3.63, 3.8) is 0 Å². The highest BCUT2D eigenvalue weighted by atomic mass is 35.5. The van der Waals surface area contributed by atoms with Crippen molar-refractivity contribution in [2.45, 2.75) is 12.3 Å². The summed E-state index contributed by atoms with van der Waals surface area (Å²) in [4.78, 5) is 14.9. The van der Waals surface area contributed by atoms with Crippen molar-refractivity contribution in [2.24, 2.45) is 5.10 Å². The third kappa shape index (κ3) is 3.81. The zero-order valence-corrected chi connectivity index (χ0v) is 18.2. The second-order valence-corrected chi connectivity index (χ2v) is 8.40. The van der Waals surface area contributed by atoms with Crippen molar-refractivity contribution in [1.29, 1.82) is 0 Å². The van der Waals surface area contributed by atoms with Crippen LogP contribution in [0.4, 0.5) is 10.5 Å². The normalized spacial score (nSPS) is 18.3. The Kier molecular flexibility index (Phi) is 5.54. The van der Waals surface area contributed by atoms with E-state index >= 15 is 0 Å². The van der Waals surface area contributed by atoms with Gasteiger partial charge < -0.3 is 0 Å². The van der Waals surface area contributed by atoms with E-state index in [1.807, 2.05) is 54.6 Å². The van der Waals surface area contributed by atoms with Crippen LogP contribution < -0.4 is 4.90 Å². The Morgan fingerprint density at radius 3 is 2.10 bits per heavy atom. The Morgan fingerprint density at radius 2 is 1.50 bits per heavy atom. The molecule has 0 fully saturated rings. The maximum absolute atomic E-state index is 13.3. The molecular weight excluding hydrogens is 417 g/mol. The first-order chi connectivity index (χ1) is 14.4. The fourth-order valence-corrected chi connectivity index (χ4v) is 3.97. The number of benzene rings is 3. The van der Waals surface area contributed by atoms with Crippen LogP contribution in [0.25, 0.3) is 0 Å². The van der Waals surface area contributed by atoms with Gasteiger partial charge in [0.25, 0.3) is 0 Å². The number of carbonyl (C=O) groups is 1. The molecule has 2 amide bonds. The summed E-state index contributed by atoms with van der Waals surface area (Å²) in [6, 6.07) is 24.7. The summed E-state index contributed by atoms with van der Waals surface area (Å²) in [5, 5.41) is 7.59. The Bertz CT molecular complexity index is 1080. The zero-order valence-electron chi connectivity index (χ0n) is 16.7. The van der Waals surface area contributed by atoms with Crippen LogP contribution in [-0.4, -0.2) is 30.3 Å². The predicted octanol–water partition coefficient (Wildman–Crippen LogP) is 6.23. The summed E-state index contributed by atoms with van der Waals surface area (Å²) >= 11 is 12.1. The van der Waals surface area contributed by atoms with Crippen molar-refractivity contribution in [1.82, 2.24) is 5.01 Å². The molecule has 1 aliphatic heterocycles. The molecule has 0 bridgehead atoms. The van der Waals surface area contributed by atoms with Crippen molar-refractivity contribution >= 4 is 40.6 Å². The van der Waals surface area contributed by atoms with E-state index < -0.39 is 5.41 Å². The molecule has 1 aliphatic rings. The summed E-state index contributed by atoms with van der Waals surface area (Å²) in [5.41, 5.74) is 3.17. The number of halogens is 2. The van der Waals surface area contributed by atoms with E-state index in [1.54, 1.807) is 24.1 Å². The molecule has 0 N–H and O–H groups in total. The van der Waals surface area contributed by atoms with E-state index in [9.17, 15) is 4.79 Å². The minimum Gasteiger partial charge on any atom is -0.296 e. The molecule has 30 heavy (non-hydrogen) atoms. The maximum Gasteiger partial charge on any atom is 0.344 e. The molecule has 0 saturated carbocycles. The van der Waals surface area contributed by atoms with E-state index in [0.717, 1.165) is 22.5 Å². The second-order valence-electron chi connectivity index (χ2n) is 7.53. The predicted molar refractivity (Wildman–Crippen MR) is 124 cm³/mol. The standard InChI is InChI=1S/C24H21Cl2N3O/c1-24(18-6-4-3-5-7-18)16-29(27-22(24)17-8-10-19(25)11-9-17)23(30)28(2)21-14-12-20(26)13-15-21/h3-15H,16H2,1-2H3. The summed E-state index contributed by atoms with van der Waals surface area (Å²) < 4.78 is 0. The quantitative estimate of drug-likeness (QED) is 0.478. The van der Waals surface area contributed by atoms with E-state index in [0.29, 0.717) is 16.6 Å². The summed E-state index contributed by atoms with van der Waals surface area (Å²) in [6.07, 6.45) is 0. The van der Waals surface area contributed by atoms with Crippen LogP contribution in [-0.2, 0) is 5.41 Å². The molecule has 4 nitrogen and oxygen atoms in total. The first-order valence-electron chi connectivity index (χ1n) is 9.60. The van der Waals surface area contributed by atoms with Gasteiger partial charge in [0.2, 0.25) is 0 Å². The van der Waals surface area contributed by atoms with E-state index in [1.165, 1.54) is 5.01 Å². The fraction of sp³-hybridized carbons (Fsp3) is 0.167. The molecule has 4 rings (SSSR count). The van der Waals surface area contributed by atoms with Crippen LogP contribution in [0.3, 0.4) is 0 Å². The lowest BCUT2D eigenvalue weighted by atomic mass is 9.76. The minimum atomic E-state index is -0.453. The molecule has 0 saturated heterocycles. The number of hydrogen-bond donors (Lipinski definition) is 0. The lowest BCUT2D eigenvalue weighted by Gasteiger charge is -2.28. The average molecular weight is 438 g/mol. The van der Waals surface area contributed by atoms with E-state index in [4.69, 9.17) is 28.3 Å². The fourth-order valence-electron chi connectivity index (χ4n) is 3.72. The van der Waals surface area contributed by atoms with Gasteiger partial charge in [0.1, 0.15) is 0 Å². The number of urea groups is 1. The number of anilines is 1. The Labute approximate surface area is 186 Å². The molecule has 0 spiro atoms. The number of hydrogen-bond acceptors (Lipinski definition) is 2. The summed E-state index contributed by atoms with van der Waals surface area (Å²) in [5.74, 6) is 0. The van der Waals surface area contributed by atoms with Crippen molar-refractivity contribution < 1.29 is 4.79 Å². The van der Waals surface area contributed by atoms with Crippen LogP contribution in [0.5, 0.6) is 0 Å². The van der Waals surface area contributed by atoms with E-state index in [2.05, 4.69) is 19.1 Å². The molecule has 1 atom stereocenters. The first kappa shape index (κ1) is 20.5. The summed E-state index contributed by atoms with van der Waals surface area (Å²) in [6.45, 7) is 2.55. The Balaban J connectivity index is 1.72. The lowest BCUT2D eigenvalue weighted by molar-refractivity contribution is 0.208. The van der Waals surface area contributed by atoms with Gasteiger partial charge in [-0.1, -0.05) is 65.7 Å². The highest BCUT2D eigenvalue weighted by molar-refractivity contribution is 6.31. The molecule has 0 radical (unpaired) electrons. The number of carbonyl (C=O) groups excluding carboxylic acids is 1. The van der Waals surface area contributed by atoms with Crippen LogP contribution >= 0.6 is 23.2 Å². The number of nitrogens with zero attached hydrogens (tertiary/aromatic N) is 3. The van der Waals surface area contributed by atoms with Gasteiger partial charge in [-0.3, -0.25) is 4.90 Å². The largest absolute Gasteiger partial charge is 0.344 e. The highest BCUT2D eigenvalue weighted by Crippen LogP contribution is 2.36. The van der Waals surface area contributed by atoms with Crippen LogP contribution in [0.15, 0.2) is 84.0 Å². The molecule has 6 heteroatoms. The average Bonchev–Trinajstić information content (AvgIpc) is 3.13. The molecule has 152 valence electrons. The highest BCUT2D eigenvalue weighted by Gasteiger charge is 2.43. The van der Waals surface area contributed by atoms with Crippen molar-refractivity contribution in [2.75, 3.05) is 18.5 Å². The van der Waals surface area contributed by atoms with Gasteiger partial charge in [-0.25, -0.2) is 9.80 Å². The van der Waals surface area contributed by atoms with Crippen LogP contribution in [0.1, 0.15) is 18.1 Å². The van der Waals surface area contributed by atoms with Crippen LogP contribution in [0.2, 0.25) is 10.0 Å². The van der Waals surface area contributed by atoms with Crippen molar-refractivity contribution in [3.8, 4) is 0 Å². The Morgan fingerprint density at radius 1 is 0.933 bits per heavy atom. The second kappa shape index (κ2) is 8.13. The molecule has 0 aromatic heterocycles. The monoisotopic (exact) mass is 437 g/mol. The molecule has 0 aliphatic carbocycles. The van der Waals surface area contributed by atoms with Gasteiger partial charge in [0.05, 0.1) is 17.7 Å². The van der Waals surface area contributed by atoms with Gasteiger partial charge in [0, 0.05) is 22.8 Å². The van der Waals surface area contributed by atoms with Gasteiger partial charge in [0.15, 0.2) is 0 Å². The number of hydrazone groups is 1. The third-order valence-corrected chi connectivity index (χ3v) is 5.96. The van der Waals surface area contributed by atoms with Gasteiger partial charge in [-0.2, -0.15) is 5.10 Å². The van der Waals surface area contributed by atoms with Gasteiger partial charge in [-0.05, 0) is 54.4 Å². The molecular formula is C24H21Cl2N3O. The smallest absolute Gasteiger partial charge is 0.296 e. The van der Waals surface area contributed by atoms with Crippen molar-refractivity contribution in [3.05, 3.63) is 100 Å². The number of amides is 2. The zero-order chi connectivity index (χ0) is 21.3. The lowest BCUT2D eigenvalue weighted by Crippen LogP contribution is -2.42. The minimum absolute atomic E-state index is 0.205. The molecule has 1 unspecified atom stereocenters. The third-order valence-electron chi connectivity index (χ3n) is 5.46. The topological polar surface area (TPSA) is 35.9 Å². The first-order valence-corrected chi connectivity index (χ1v) is 10.4.